The number of carboxylic acids is 1. The maximum atomic E-state index is 12.6. The van der Waals surface area contributed by atoms with E-state index in [1.807, 2.05) is 6.92 Å². The minimum absolute atomic E-state index is 0.0900. The van der Waals surface area contributed by atoms with Gasteiger partial charge in [0.2, 0.25) is 0 Å². The van der Waals surface area contributed by atoms with E-state index in [0.717, 1.165) is 6.42 Å². The molecule has 0 heterocycles. The molecule has 2 saturated carbocycles. The van der Waals surface area contributed by atoms with Crippen molar-refractivity contribution in [3.05, 3.63) is 0 Å². The number of alkyl halides is 1. The van der Waals surface area contributed by atoms with Gasteiger partial charge in [-0.3, -0.25) is 9.18 Å². The maximum absolute atomic E-state index is 12.6. The summed E-state index contributed by atoms with van der Waals surface area (Å²) >= 11 is 0. The second-order valence-corrected chi connectivity index (χ2v) is 8.70. The highest BCUT2D eigenvalue weighted by atomic mass is 19.1. The molecule has 0 aliphatic heterocycles. The number of aliphatic carboxylic acids is 1. The van der Waals surface area contributed by atoms with Crippen molar-refractivity contribution in [1.82, 2.24) is 5.32 Å². The van der Waals surface area contributed by atoms with Crippen molar-refractivity contribution in [2.45, 2.75) is 77.0 Å². The smallest absolute Gasteiger partial charge is 0.408 e. The first-order chi connectivity index (χ1) is 12.5. The lowest BCUT2D eigenvalue weighted by Crippen LogP contribution is -2.46. The normalized spacial score (nSPS) is 27.7. The number of hydrogen-bond donors (Lipinski definition) is 2. The van der Waals surface area contributed by atoms with Crippen LogP contribution in [0, 0.1) is 17.8 Å². The number of alkyl carbamates (subject to hydrolysis) is 1. The Morgan fingerprint density at radius 3 is 2.30 bits per heavy atom. The van der Waals surface area contributed by atoms with Crippen LogP contribution in [-0.2, 0) is 19.1 Å². The van der Waals surface area contributed by atoms with Gasteiger partial charge in [0.15, 0.2) is 0 Å². The van der Waals surface area contributed by atoms with Gasteiger partial charge >= 0.3 is 18.0 Å². The first kappa shape index (κ1) is 21.4. The number of carbonyl (C=O) groups excluding carboxylic acids is 2. The number of nitrogens with one attached hydrogen (secondary N) is 1. The molecule has 0 aromatic rings. The molecule has 2 fully saturated rings. The zero-order valence-corrected chi connectivity index (χ0v) is 16.4. The van der Waals surface area contributed by atoms with Crippen LogP contribution >= 0.6 is 0 Å². The first-order valence-electron chi connectivity index (χ1n) is 9.49. The van der Waals surface area contributed by atoms with Crippen molar-refractivity contribution in [2.75, 3.05) is 6.67 Å². The van der Waals surface area contributed by atoms with Gasteiger partial charge in [-0.15, -0.1) is 0 Å². The van der Waals surface area contributed by atoms with Crippen LogP contribution in [0.25, 0.3) is 0 Å². The number of fused-ring (bicyclic) bond motifs is 1. The molecule has 27 heavy (non-hydrogen) atoms. The third-order valence-electron chi connectivity index (χ3n) is 5.29. The Balaban J connectivity index is 1.95. The molecule has 0 bridgehead atoms. The number of carbonyl (C=O) groups is 3. The molecule has 4 atom stereocenters. The zero-order valence-electron chi connectivity index (χ0n) is 16.4. The van der Waals surface area contributed by atoms with Crippen LogP contribution in [0.4, 0.5) is 9.18 Å². The van der Waals surface area contributed by atoms with Crippen molar-refractivity contribution >= 4 is 18.0 Å². The zero-order chi connectivity index (χ0) is 20.4. The lowest BCUT2D eigenvalue weighted by molar-refractivity contribution is -0.157. The molecule has 0 saturated heterocycles. The Morgan fingerprint density at radius 1 is 1.22 bits per heavy atom. The van der Waals surface area contributed by atoms with E-state index in [9.17, 15) is 23.9 Å². The molecular formula is C19H30FNO6. The first-order valence-corrected chi connectivity index (χ1v) is 9.49. The number of esters is 1. The minimum atomic E-state index is -1.04. The number of hydrogen-bond acceptors (Lipinski definition) is 5. The van der Waals surface area contributed by atoms with Crippen LogP contribution in [0.15, 0.2) is 0 Å². The molecular weight excluding hydrogens is 357 g/mol. The molecule has 0 aromatic carbocycles. The number of ether oxygens (including phenoxy) is 2. The Morgan fingerprint density at radius 2 is 1.85 bits per heavy atom. The molecule has 7 nitrogen and oxygen atoms in total. The van der Waals surface area contributed by atoms with Gasteiger partial charge in [0.25, 0.3) is 0 Å². The van der Waals surface area contributed by atoms with Gasteiger partial charge in [-0.2, -0.15) is 0 Å². The highest BCUT2D eigenvalue weighted by Crippen LogP contribution is 2.72. The summed E-state index contributed by atoms with van der Waals surface area (Å²) in [4.78, 5) is 36.0. The van der Waals surface area contributed by atoms with Crippen molar-refractivity contribution < 1.29 is 33.4 Å². The summed E-state index contributed by atoms with van der Waals surface area (Å²) in [5, 5.41) is 11.8. The van der Waals surface area contributed by atoms with E-state index in [1.165, 1.54) is 0 Å². The molecule has 2 N–H and O–H groups in total. The number of rotatable bonds is 10. The quantitative estimate of drug-likeness (QED) is 0.559. The Kier molecular flexibility index (Phi) is 6.37. The topological polar surface area (TPSA) is 102 Å². The number of halogens is 1. The van der Waals surface area contributed by atoms with Crippen molar-refractivity contribution in [3.8, 4) is 0 Å². The predicted molar refractivity (Wildman–Crippen MR) is 94.8 cm³/mol. The van der Waals surface area contributed by atoms with Gasteiger partial charge in [0, 0.05) is 11.8 Å². The van der Waals surface area contributed by atoms with Crippen LogP contribution in [-0.4, -0.2) is 47.1 Å². The average Bonchev–Trinajstić information content (AvgIpc) is 3.42. The molecule has 3 unspecified atom stereocenters. The van der Waals surface area contributed by atoms with Crippen molar-refractivity contribution in [3.63, 3.8) is 0 Å². The molecule has 154 valence electrons. The number of carboxylic acid groups (broad SMARTS) is 1. The maximum Gasteiger partial charge on any atom is 0.408 e. The van der Waals surface area contributed by atoms with E-state index in [0.29, 0.717) is 11.8 Å². The number of amides is 1. The fourth-order valence-electron chi connectivity index (χ4n) is 3.39. The molecule has 0 aromatic heterocycles. The summed E-state index contributed by atoms with van der Waals surface area (Å²) in [7, 11) is 0. The lowest BCUT2D eigenvalue weighted by atomic mass is 9.95. The molecule has 0 spiro atoms. The van der Waals surface area contributed by atoms with Gasteiger partial charge in [-0.1, -0.05) is 0 Å². The molecule has 2 aliphatic carbocycles. The van der Waals surface area contributed by atoms with E-state index >= 15 is 0 Å². The standard InChI is InChI=1S/C19H30FNO6/c1-18(2,3)27-17(25)21-14(8-7-11(15(22)23)6-5-9-20)16(24)26-19(4)12-10-13(12)19/h11-14H,5-10H2,1-4H3,(H,21,25)(H,22,23)/t11?,12?,13?,14-,19?/m0/s1. The SMILES string of the molecule is CC(C)(C)OC(=O)N[C@@H](CCC(CCCF)C(=O)O)C(=O)OC1(C)C2CC21. The van der Waals surface area contributed by atoms with Gasteiger partial charge in [-0.25, -0.2) is 9.59 Å². The third kappa shape index (κ3) is 5.81. The molecule has 2 aliphatic rings. The van der Waals surface area contributed by atoms with Crippen LogP contribution in [0.2, 0.25) is 0 Å². The van der Waals surface area contributed by atoms with Crippen LogP contribution in [0.5, 0.6) is 0 Å². The van der Waals surface area contributed by atoms with Crippen molar-refractivity contribution in [2.24, 2.45) is 17.8 Å². The van der Waals surface area contributed by atoms with Crippen LogP contribution in [0.1, 0.15) is 59.8 Å². The summed E-state index contributed by atoms with van der Waals surface area (Å²) < 4.78 is 23.1. The molecule has 0 radical (unpaired) electrons. The van der Waals surface area contributed by atoms with Gasteiger partial charge in [0.1, 0.15) is 17.2 Å². The Labute approximate surface area is 159 Å². The second-order valence-electron chi connectivity index (χ2n) is 8.70. The van der Waals surface area contributed by atoms with Gasteiger partial charge in [-0.05, 0) is 59.8 Å². The van der Waals surface area contributed by atoms with E-state index in [1.54, 1.807) is 20.8 Å². The van der Waals surface area contributed by atoms with Crippen molar-refractivity contribution in [1.29, 1.82) is 0 Å². The Hall–Kier alpha value is -1.86. The summed E-state index contributed by atoms with van der Waals surface area (Å²) in [5.41, 5.74) is -1.18. The van der Waals surface area contributed by atoms with Gasteiger partial charge < -0.3 is 19.9 Å². The van der Waals surface area contributed by atoms with Crippen LogP contribution < -0.4 is 5.32 Å². The molecule has 8 heteroatoms. The summed E-state index contributed by atoms with van der Waals surface area (Å²) in [6, 6.07) is -0.996. The monoisotopic (exact) mass is 387 g/mol. The fourth-order valence-corrected chi connectivity index (χ4v) is 3.39. The largest absolute Gasteiger partial charge is 0.481 e. The predicted octanol–water partition coefficient (Wildman–Crippen LogP) is 3.06. The summed E-state index contributed by atoms with van der Waals surface area (Å²) in [6.45, 7) is 6.39. The highest BCUT2D eigenvalue weighted by Gasteiger charge is 2.77. The van der Waals surface area contributed by atoms with Crippen LogP contribution in [0.3, 0.4) is 0 Å². The van der Waals surface area contributed by atoms with E-state index in [2.05, 4.69) is 5.32 Å². The van der Waals surface area contributed by atoms with E-state index in [-0.39, 0.29) is 25.7 Å². The molecule has 1 amide bonds. The molecule has 2 rings (SSSR count). The summed E-state index contributed by atoms with van der Waals surface area (Å²) in [5.74, 6) is -1.59. The fraction of sp³-hybridized carbons (Fsp3) is 0.842. The van der Waals surface area contributed by atoms with E-state index in [4.69, 9.17) is 9.47 Å². The van der Waals surface area contributed by atoms with E-state index < -0.39 is 47.9 Å². The minimum Gasteiger partial charge on any atom is -0.481 e. The highest BCUT2D eigenvalue weighted by molar-refractivity contribution is 5.82. The average molecular weight is 387 g/mol. The lowest BCUT2D eigenvalue weighted by Gasteiger charge is -2.26. The second kappa shape index (κ2) is 8.02. The third-order valence-corrected chi connectivity index (χ3v) is 5.29. The summed E-state index contributed by atoms with van der Waals surface area (Å²) in [6.07, 6.45) is 0.847. The van der Waals surface area contributed by atoms with Gasteiger partial charge in [0.05, 0.1) is 12.6 Å². The Bertz CT molecular complexity index is 579.